The minimum Gasteiger partial charge on any atom is -0.495 e. The van der Waals surface area contributed by atoms with Crippen molar-refractivity contribution in [2.24, 2.45) is 0 Å². The molecule has 1 aliphatic heterocycles. The maximum atomic E-state index is 13.2. The van der Waals surface area contributed by atoms with Gasteiger partial charge in [0.25, 0.3) is 0 Å². The predicted molar refractivity (Wildman–Crippen MR) is 105 cm³/mol. The van der Waals surface area contributed by atoms with Gasteiger partial charge in [0, 0.05) is 18.9 Å². The quantitative estimate of drug-likeness (QED) is 0.821. The van der Waals surface area contributed by atoms with Crippen LogP contribution in [0.25, 0.3) is 0 Å². The Morgan fingerprint density at radius 3 is 2.15 bits per heavy atom. The number of methoxy groups -OCH3 is 1. The highest BCUT2D eigenvalue weighted by Crippen LogP contribution is 2.32. The summed E-state index contributed by atoms with van der Waals surface area (Å²) in [5.41, 5.74) is 2.07. The minimum absolute atomic E-state index is 0.00457. The Bertz CT molecular complexity index is 752. The SMILES string of the molecule is COc1cc(C)c(C(C)C)cc1S(=O)(=O)NC1CC(C)(C)[NH2+]C(C)(C)C1. The molecule has 5 nitrogen and oxygen atoms in total. The van der Waals surface area contributed by atoms with Gasteiger partial charge in [-0.2, -0.15) is 0 Å². The molecule has 0 atom stereocenters. The molecule has 3 N–H and O–H groups in total. The molecular weight excluding hydrogens is 348 g/mol. The molecule has 0 bridgehead atoms. The zero-order valence-electron chi connectivity index (χ0n) is 17.4. The third-order valence-electron chi connectivity index (χ3n) is 5.11. The summed E-state index contributed by atoms with van der Waals surface area (Å²) in [6.07, 6.45) is 1.59. The first-order chi connectivity index (χ1) is 11.8. The molecule has 1 aromatic carbocycles. The van der Waals surface area contributed by atoms with E-state index in [2.05, 4.69) is 51.6 Å². The van der Waals surface area contributed by atoms with E-state index in [0.717, 1.165) is 24.0 Å². The lowest BCUT2D eigenvalue weighted by Gasteiger charge is -2.43. The molecule has 0 aromatic heterocycles. The van der Waals surface area contributed by atoms with Gasteiger partial charge >= 0.3 is 0 Å². The van der Waals surface area contributed by atoms with Gasteiger partial charge in [0.05, 0.1) is 18.2 Å². The van der Waals surface area contributed by atoms with E-state index in [-0.39, 0.29) is 27.9 Å². The van der Waals surface area contributed by atoms with E-state index < -0.39 is 10.0 Å². The van der Waals surface area contributed by atoms with Crippen molar-refractivity contribution in [1.82, 2.24) is 4.72 Å². The Balaban J connectivity index is 2.40. The second-order valence-corrected chi connectivity index (χ2v) is 11.0. The molecule has 2 rings (SSSR count). The fourth-order valence-electron chi connectivity index (χ4n) is 4.55. The maximum absolute atomic E-state index is 13.2. The second kappa shape index (κ2) is 7.13. The number of sulfonamides is 1. The van der Waals surface area contributed by atoms with Crippen molar-refractivity contribution in [2.45, 2.75) is 89.2 Å². The van der Waals surface area contributed by atoms with E-state index in [1.54, 1.807) is 6.07 Å². The second-order valence-electron chi connectivity index (χ2n) is 9.36. The van der Waals surface area contributed by atoms with E-state index in [1.165, 1.54) is 7.11 Å². The van der Waals surface area contributed by atoms with Gasteiger partial charge in [0.15, 0.2) is 0 Å². The Labute approximate surface area is 159 Å². The zero-order valence-corrected chi connectivity index (χ0v) is 18.3. The third-order valence-corrected chi connectivity index (χ3v) is 6.65. The Hall–Kier alpha value is -1.11. The monoisotopic (exact) mass is 383 g/mol. The van der Waals surface area contributed by atoms with E-state index >= 15 is 0 Å². The molecule has 0 amide bonds. The first kappa shape index (κ1) is 21.2. The molecule has 148 valence electrons. The molecular formula is C20H35N2O3S+. The molecule has 6 heteroatoms. The van der Waals surface area contributed by atoms with Gasteiger partial charge in [0.1, 0.15) is 10.6 Å². The van der Waals surface area contributed by atoms with Crippen LogP contribution in [0.15, 0.2) is 17.0 Å². The average molecular weight is 384 g/mol. The van der Waals surface area contributed by atoms with Crippen molar-refractivity contribution in [2.75, 3.05) is 7.11 Å². The van der Waals surface area contributed by atoms with Crippen LogP contribution in [0.3, 0.4) is 0 Å². The molecule has 0 unspecified atom stereocenters. The lowest BCUT2D eigenvalue weighted by atomic mass is 9.80. The Kier molecular flexibility index (Phi) is 5.81. The number of hydrogen-bond donors (Lipinski definition) is 2. The van der Waals surface area contributed by atoms with E-state index in [9.17, 15) is 8.42 Å². The zero-order chi connectivity index (χ0) is 19.9. The fourth-order valence-corrected chi connectivity index (χ4v) is 5.97. The number of nitrogens with two attached hydrogens (primary N) is 1. The van der Waals surface area contributed by atoms with Gasteiger partial charge in [-0.15, -0.1) is 0 Å². The molecule has 1 fully saturated rings. The molecule has 1 heterocycles. The number of ether oxygens (including phenoxy) is 1. The van der Waals surface area contributed by atoms with Gasteiger partial charge in [-0.1, -0.05) is 13.8 Å². The van der Waals surface area contributed by atoms with Crippen LogP contribution in [0.1, 0.15) is 71.4 Å². The van der Waals surface area contributed by atoms with Crippen molar-refractivity contribution < 1.29 is 18.5 Å². The molecule has 26 heavy (non-hydrogen) atoms. The van der Waals surface area contributed by atoms with Crippen molar-refractivity contribution in [3.05, 3.63) is 23.3 Å². The van der Waals surface area contributed by atoms with Crippen molar-refractivity contribution in [1.29, 1.82) is 0 Å². The first-order valence-electron chi connectivity index (χ1n) is 9.34. The summed E-state index contributed by atoms with van der Waals surface area (Å²) in [5, 5.41) is 2.34. The number of nitrogens with one attached hydrogen (secondary N) is 1. The molecule has 1 aromatic rings. The summed E-state index contributed by atoms with van der Waals surface area (Å²) in [4.78, 5) is 0.236. The number of piperidine rings is 1. The van der Waals surface area contributed by atoms with E-state index in [1.807, 2.05) is 13.0 Å². The van der Waals surface area contributed by atoms with E-state index in [4.69, 9.17) is 4.74 Å². The number of quaternary nitrogens is 1. The lowest BCUT2D eigenvalue weighted by Crippen LogP contribution is -3.06. The van der Waals surface area contributed by atoms with Gasteiger partial charge in [-0.05, 0) is 63.8 Å². The standard InChI is InChI=1S/C20H34N2O3S/c1-13(2)16-10-18(17(25-8)9-14(16)3)26(23,24)21-15-11-19(4,5)22-20(6,7)12-15/h9-10,13,15,21-22H,11-12H2,1-8H3/p+1. The molecule has 1 aliphatic rings. The number of aryl methyl sites for hydroxylation is 1. The summed E-state index contributed by atoms with van der Waals surface area (Å²) >= 11 is 0. The van der Waals surface area contributed by atoms with Gasteiger partial charge in [-0.3, -0.25) is 0 Å². The minimum atomic E-state index is -3.66. The van der Waals surface area contributed by atoms with Crippen LogP contribution in [0, 0.1) is 6.92 Å². The topological polar surface area (TPSA) is 72.0 Å². The number of hydrogen-bond acceptors (Lipinski definition) is 3. The van der Waals surface area contributed by atoms with Crippen LogP contribution in [0.5, 0.6) is 5.75 Å². The highest BCUT2D eigenvalue weighted by atomic mass is 32.2. The molecule has 0 aliphatic carbocycles. The number of benzene rings is 1. The van der Waals surface area contributed by atoms with Crippen molar-refractivity contribution in [3.8, 4) is 5.75 Å². The Morgan fingerprint density at radius 1 is 1.15 bits per heavy atom. The van der Waals surface area contributed by atoms with Crippen LogP contribution in [0.2, 0.25) is 0 Å². The summed E-state index contributed by atoms with van der Waals surface area (Å²) in [7, 11) is -2.15. The van der Waals surface area contributed by atoms with Crippen LogP contribution in [0.4, 0.5) is 0 Å². The third kappa shape index (κ3) is 4.78. The largest absolute Gasteiger partial charge is 0.495 e. The summed E-state index contributed by atoms with van der Waals surface area (Å²) in [6.45, 7) is 14.8. The van der Waals surface area contributed by atoms with Gasteiger partial charge < -0.3 is 10.1 Å². The van der Waals surface area contributed by atoms with Crippen molar-refractivity contribution >= 4 is 10.0 Å². The van der Waals surface area contributed by atoms with Gasteiger partial charge in [0.2, 0.25) is 10.0 Å². The van der Waals surface area contributed by atoms with Crippen LogP contribution in [-0.2, 0) is 10.0 Å². The van der Waals surface area contributed by atoms with Crippen LogP contribution in [-0.4, -0.2) is 32.6 Å². The smallest absolute Gasteiger partial charge is 0.244 e. The molecule has 0 radical (unpaired) electrons. The Morgan fingerprint density at radius 2 is 1.69 bits per heavy atom. The number of rotatable bonds is 5. The lowest BCUT2D eigenvalue weighted by molar-refractivity contribution is -0.787. The summed E-state index contributed by atoms with van der Waals surface area (Å²) in [5.74, 6) is 0.650. The van der Waals surface area contributed by atoms with Crippen LogP contribution >= 0.6 is 0 Å². The molecule has 0 saturated carbocycles. The highest BCUT2D eigenvalue weighted by Gasteiger charge is 2.43. The average Bonchev–Trinajstić information content (AvgIpc) is 2.41. The van der Waals surface area contributed by atoms with E-state index in [0.29, 0.717) is 5.75 Å². The summed E-state index contributed by atoms with van der Waals surface area (Å²) < 4.78 is 34.7. The molecule has 1 saturated heterocycles. The fraction of sp³-hybridized carbons (Fsp3) is 0.700. The normalized spacial score (nSPS) is 20.3. The van der Waals surface area contributed by atoms with Crippen molar-refractivity contribution in [3.63, 3.8) is 0 Å². The van der Waals surface area contributed by atoms with Crippen LogP contribution < -0.4 is 14.8 Å². The predicted octanol–water partition coefficient (Wildman–Crippen LogP) is 2.69. The highest BCUT2D eigenvalue weighted by molar-refractivity contribution is 7.89. The summed E-state index contributed by atoms with van der Waals surface area (Å²) in [6, 6.07) is 3.50. The molecule has 0 spiro atoms. The first-order valence-corrected chi connectivity index (χ1v) is 10.8. The van der Waals surface area contributed by atoms with Gasteiger partial charge in [-0.25, -0.2) is 13.1 Å². The maximum Gasteiger partial charge on any atom is 0.244 e.